The molecule has 0 bridgehead atoms. The van der Waals surface area contributed by atoms with Gasteiger partial charge in [0.1, 0.15) is 0 Å². The summed E-state index contributed by atoms with van der Waals surface area (Å²) in [5.41, 5.74) is 0.626. The lowest BCUT2D eigenvalue weighted by Crippen LogP contribution is -2.50. The molecule has 0 radical (unpaired) electrons. The molecule has 5 heteroatoms. The highest BCUT2D eigenvalue weighted by molar-refractivity contribution is 5.76. The fourth-order valence-electron chi connectivity index (χ4n) is 1.97. The third kappa shape index (κ3) is 5.72. The smallest absolute Gasteiger partial charge is 0.220 e. The molecule has 5 nitrogen and oxygen atoms in total. The average Bonchev–Trinajstić information content (AvgIpc) is 2.25. The van der Waals surface area contributed by atoms with Gasteiger partial charge in [0.25, 0.3) is 0 Å². The van der Waals surface area contributed by atoms with E-state index in [9.17, 15) is 4.79 Å². The third-order valence-corrected chi connectivity index (χ3v) is 2.41. The van der Waals surface area contributed by atoms with Crippen molar-refractivity contribution in [3.63, 3.8) is 0 Å². The van der Waals surface area contributed by atoms with Gasteiger partial charge in [-0.1, -0.05) is 0 Å². The number of nitrogens with zero attached hydrogens (tertiary/aromatic N) is 3. The van der Waals surface area contributed by atoms with E-state index < -0.39 is 0 Å². The Morgan fingerprint density at radius 2 is 2.11 bits per heavy atom. The zero-order chi connectivity index (χ0) is 13.6. The predicted molar refractivity (Wildman–Crippen MR) is 71.1 cm³/mol. The van der Waals surface area contributed by atoms with Crippen molar-refractivity contribution < 1.29 is 4.79 Å². The molecule has 0 aliphatic heterocycles. The van der Waals surface area contributed by atoms with E-state index in [1.54, 1.807) is 18.6 Å². The SMILES string of the molecule is CN(C)CC(C)(C)NC(=O)CCc1cnccn1. The van der Waals surface area contributed by atoms with E-state index in [-0.39, 0.29) is 11.4 Å². The Bertz CT molecular complexity index is 376. The largest absolute Gasteiger partial charge is 0.350 e. The van der Waals surface area contributed by atoms with Gasteiger partial charge in [-0.2, -0.15) is 0 Å². The molecule has 100 valence electrons. The van der Waals surface area contributed by atoms with Crippen LogP contribution in [0.1, 0.15) is 26.0 Å². The second kappa shape index (κ2) is 6.44. The molecule has 1 amide bonds. The molecule has 0 fully saturated rings. The Balaban J connectivity index is 2.38. The zero-order valence-corrected chi connectivity index (χ0v) is 11.6. The minimum absolute atomic E-state index is 0.0486. The molecule has 0 aliphatic carbocycles. The van der Waals surface area contributed by atoms with Crippen LogP contribution in [0.4, 0.5) is 0 Å². The van der Waals surface area contributed by atoms with Crippen LogP contribution in [0.5, 0.6) is 0 Å². The van der Waals surface area contributed by atoms with E-state index in [0.717, 1.165) is 12.2 Å². The minimum atomic E-state index is -0.219. The summed E-state index contributed by atoms with van der Waals surface area (Å²) in [6.07, 6.45) is 6.03. The second-order valence-electron chi connectivity index (χ2n) is 5.37. The van der Waals surface area contributed by atoms with Crippen LogP contribution in [0, 0.1) is 0 Å². The summed E-state index contributed by atoms with van der Waals surface area (Å²) in [6.45, 7) is 4.85. The van der Waals surface area contributed by atoms with Gasteiger partial charge in [0.05, 0.1) is 5.69 Å². The first-order chi connectivity index (χ1) is 8.39. The lowest BCUT2D eigenvalue weighted by Gasteiger charge is -2.29. The molecule has 0 aromatic carbocycles. The van der Waals surface area contributed by atoms with E-state index in [1.165, 1.54) is 0 Å². The zero-order valence-electron chi connectivity index (χ0n) is 11.6. The monoisotopic (exact) mass is 250 g/mol. The molecule has 1 aromatic rings. The summed E-state index contributed by atoms with van der Waals surface area (Å²) in [4.78, 5) is 22.0. The highest BCUT2D eigenvalue weighted by Gasteiger charge is 2.20. The molecule has 1 aromatic heterocycles. The van der Waals surface area contributed by atoms with Gasteiger partial charge in [-0.15, -0.1) is 0 Å². The van der Waals surface area contributed by atoms with Crippen molar-refractivity contribution in [1.82, 2.24) is 20.2 Å². The summed E-state index contributed by atoms with van der Waals surface area (Å²) in [6, 6.07) is 0. The summed E-state index contributed by atoms with van der Waals surface area (Å²) < 4.78 is 0. The molecule has 0 spiro atoms. The molecular formula is C13H22N4O. The van der Waals surface area contributed by atoms with E-state index in [0.29, 0.717) is 12.8 Å². The van der Waals surface area contributed by atoms with Crippen molar-refractivity contribution in [3.05, 3.63) is 24.3 Å². The fraction of sp³-hybridized carbons (Fsp3) is 0.615. The first-order valence-corrected chi connectivity index (χ1v) is 6.10. The Morgan fingerprint density at radius 1 is 1.39 bits per heavy atom. The summed E-state index contributed by atoms with van der Waals surface area (Å²) in [5, 5.41) is 3.03. The van der Waals surface area contributed by atoms with Gasteiger partial charge >= 0.3 is 0 Å². The number of rotatable bonds is 6. The van der Waals surface area contributed by atoms with Crippen LogP contribution in [0.2, 0.25) is 0 Å². The molecule has 1 rings (SSSR count). The number of hydrogen-bond donors (Lipinski definition) is 1. The Morgan fingerprint density at radius 3 is 2.67 bits per heavy atom. The number of aryl methyl sites for hydroxylation is 1. The van der Waals surface area contributed by atoms with Crippen molar-refractivity contribution >= 4 is 5.91 Å². The Hall–Kier alpha value is -1.49. The van der Waals surface area contributed by atoms with Crippen molar-refractivity contribution in [2.75, 3.05) is 20.6 Å². The van der Waals surface area contributed by atoms with Gasteiger partial charge in [0.2, 0.25) is 5.91 Å². The van der Waals surface area contributed by atoms with Crippen LogP contribution in [-0.2, 0) is 11.2 Å². The number of carbonyl (C=O) groups is 1. The first kappa shape index (κ1) is 14.6. The normalized spacial score (nSPS) is 11.6. The van der Waals surface area contributed by atoms with Crippen molar-refractivity contribution in [3.8, 4) is 0 Å². The van der Waals surface area contributed by atoms with Gasteiger partial charge in [-0.25, -0.2) is 0 Å². The maximum atomic E-state index is 11.8. The molecule has 0 atom stereocenters. The average molecular weight is 250 g/mol. The van der Waals surface area contributed by atoms with E-state index in [4.69, 9.17) is 0 Å². The summed E-state index contributed by atoms with van der Waals surface area (Å²) in [7, 11) is 3.99. The Kier molecular flexibility index (Phi) is 5.22. The van der Waals surface area contributed by atoms with Crippen LogP contribution in [-0.4, -0.2) is 47.0 Å². The standard InChI is InChI=1S/C13H22N4O/c1-13(2,10-17(3)4)16-12(18)6-5-11-9-14-7-8-15-11/h7-9H,5-6,10H2,1-4H3,(H,16,18). The maximum absolute atomic E-state index is 11.8. The number of hydrogen-bond acceptors (Lipinski definition) is 4. The van der Waals surface area contributed by atoms with Gasteiger partial charge < -0.3 is 10.2 Å². The third-order valence-electron chi connectivity index (χ3n) is 2.41. The maximum Gasteiger partial charge on any atom is 0.220 e. The lowest BCUT2D eigenvalue weighted by atomic mass is 10.0. The molecule has 1 heterocycles. The van der Waals surface area contributed by atoms with Crippen LogP contribution < -0.4 is 5.32 Å². The molecule has 18 heavy (non-hydrogen) atoms. The van der Waals surface area contributed by atoms with Crippen molar-refractivity contribution in [2.24, 2.45) is 0 Å². The molecule has 1 N–H and O–H groups in total. The Labute approximate surface area is 109 Å². The summed E-state index contributed by atoms with van der Waals surface area (Å²) in [5.74, 6) is 0.0486. The molecule has 0 saturated carbocycles. The highest BCUT2D eigenvalue weighted by Crippen LogP contribution is 2.05. The van der Waals surface area contributed by atoms with Gasteiger partial charge in [-0.3, -0.25) is 14.8 Å². The molecular weight excluding hydrogens is 228 g/mol. The summed E-state index contributed by atoms with van der Waals surface area (Å²) >= 11 is 0. The van der Waals surface area contributed by atoms with Gasteiger partial charge in [0.15, 0.2) is 0 Å². The molecule has 0 saturated heterocycles. The minimum Gasteiger partial charge on any atom is -0.350 e. The number of aromatic nitrogens is 2. The van der Waals surface area contributed by atoms with Crippen LogP contribution in [0.15, 0.2) is 18.6 Å². The van der Waals surface area contributed by atoms with E-state index in [2.05, 4.69) is 20.2 Å². The predicted octanol–water partition coefficient (Wildman–Crippen LogP) is 0.866. The van der Waals surface area contributed by atoms with E-state index in [1.807, 2.05) is 27.9 Å². The first-order valence-electron chi connectivity index (χ1n) is 6.10. The number of likely N-dealkylation sites (N-methyl/N-ethyl adjacent to an activating group) is 1. The lowest BCUT2D eigenvalue weighted by molar-refractivity contribution is -0.122. The molecule has 0 unspecified atom stereocenters. The van der Waals surface area contributed by atoms with Gasteiger partial charge in [-0.05, 0) is 34.4 Å². The number of nitrogens with one attached hydrogen (secondary N) is 1. The topological polar surface area (TPSA) is 58.1 Å². The fourth-order valence-corrected chi connectivity index (χ4v) is 1.97. The molecule has 0 aliphatic rings. The van der Waals surface area contributed by atoms with Crippen LogP contribution in [0.3, 0.4) is 0 Å². The quantitative estimate of drug-likeness (QED) is 0.814. The van der Waals surface area contributed by atoms with Crippen LogP contribution in [0.25, 0.3) is 0 Å². The van der Waals surface area contributed by atoms with Crippen LogP contribution >= 0.6 is 0 Å². The van der Waals surface area contributed by atoms with Gasteiger partial charge in [0, 0.05) is 37.1 Å². The number of amides is 1. The number of carbonyl (C=O) groups excluding carboxylic acids is 1. The second-order valence-corrected chi connectivity index (χ2v) is 5.37. The van der Waals surface area contributed by atoms with Crippen molar-refractivity contribution in [1.29, 1.82) is 0 Å². The van der Waals surface area contributed by atoms with E-state index >= 15 is 0 Å². The highest BCUT2D eigenvalue weighted by atomic mass is 16.1. The van der Waals surface area contributed by atoms with Crippen molar-refractivity contribution in [2.45, 2.75) is 32.2 Å².